The predicted molar refractivity (Wildman–Crippen MR) is 119 cm³/mol. The Hall–Kier alpha value is -3.37. The number of amides is 1. The first-order valence-corrected chi connectivity index (χ1v) is 10.9. The molecule has 0 atom stereocenters. The fraction of sp³-hybridized carbons (Fsp3) is 0.0909. The number of primary amides is 1. The highest BCUT2D eigenvalue weighted by Gasteiger charge is 2.33. The van der Waals surface area contributed by atoms with Gasteiger partial charge in [0.2, 0.25) is 0 Å². The summed E-state index contributed by atoms with van der Waals surface area (Å²) in [6.07, 6.45) is -2.85. The molecule has 0 bridgehead atoms. The van der Waals surface area contributed by atoms with Gasteiger partial charge in [-0.2, -0.15) is 13.2 Å². The molecule has 0 radical (unpaired) electrons. The van der Waals surface area contributed by atoms with Crippen LogP contribution in [-0.2, 0) is 12.8 Å². The van der Waals surface area contributed by atoms with Gasteiger partial charge in [0, 0.05) is 23.5 Å². The molecule has 4 rings (SSSR count). The zero-order chi connectivity index (χ0) is 22.7. The van der Waals surface area contributed by atoms with Gasteiger partial charge in [0.25, 0.3) is 5.91 Å². The minimum atomic E-state index is -4.50. The van der Waals surface area contributed by atoms with Crippen LogP contribution in [0.2, 0.25) is 0 Å². The zero-order valence-electron chi connectivity index (χ0n) is 16.3. The number of anilines is 2. The van der Waals surface area contributed by atoms with E-state index in [0.29, 0.717) is 10.0 Å². The molecule has 32 heavy (non-hydrogen) atoms. The lowest BCUT2D eigenvalue weighted by Crippen LogP contribution is -2.13. The van der Waals surface area contributed by atoms with Crippen molar-refractivity contribution < 1.29 is 22.7 Å². The minimum absolute atomic E-state index is 0.0321. The lowest BCUT2D eigenvalue weighted by Gasteiger charge is -2.13. The van der Waals surface area contributed by atoms with Crippen LogP contribution in [0.4, 0.5) is 24.0 Å². The summed E-state index contributed by atoms with van der Waals surface area (Å²) in [6.45, 7) is -0.352. The predicted octanol–water partition coefficient (Wildman–Crippen LogP) is 6.31. The summed E-state index contributed by atoms with van der Waals surface area (Å²) in [5.74, 6) is -0.576. The van der Waals surface area contributed by atoms with Crippen LogP contribution >= 0.6 is 22.7 Å². The van der Waals surface area contributed by atoms with Crippen LogP contribution in [0.3, 0.4) is 0 Å². The fourth-order valence-electron chi connectivity index (χ4n) is 2.94. The normalized spacial score (nSPS) is 11.3. The second-order valence-electron chi connectivity index (χ2n) is 6.63. The zero-order valence-corrected chi connectivity index (χ0v) is 18.0. The summed E-state index contributed by atoms with van der Waals surface area (Å²) in [5.41, 5.74) is 5.53. The molecule has 0 spiro atoms. The number of para-hydroxylation sites is 1. The van der Waals surface area contributed by atoms with Crippen LogP contribution < -0.4 is 15.8 Å². The van der Waals surface area contributed by atoms with E-state index in [1.54, 1.807) is 12.3 Å². The van der Waals surface area contributed by atoms with E-state index in [0.717, 1.165) is 28.0 Å². The fourth-order valence-corrected chi connectivity index (χ4v) is 4.80. The van der Waals surface area contributed by atoms with Crippen LogP contribution in [-0.4, -0.2) is 10.9 Å². The summed E-state index contributed by atoms with van der Waals surface area (Å²) < 4.78 is 45.3. The number of carbonyl (C=O) groups excluding carboxylic acids is 1. The summed E-state index contributed by atoms with van der Waals surface area (Å²) in [5, 5.41) is 3.84. The second-order valence-corrected chi connectivity index (χ2v) is 8.72. The number of carbonyl (C=O) groups is 1. The van der Waals surface area contributed by atoms with Gasteiger partial charge in [-0.3, -0.25) is 4.79 Å². The molecule has 0 aliphatic carbocycles. The molecule has 0 aliphatic heterocycles. The molecule has 0 saturated carbocycles. The molecule has 0 aliphatic rings. The molecule has 2 aromatic heterocycles. The average molecular weight is 476 g/mol. The Morgan fingerprint density at radius 3 is 2.47 bits per heavy atom. The number of ether oxygens (including phenoxy) is 1. The molecule has 10 heteroatoms. The molecule has 4 aromatic rings. The molecule has 5 nitrogen and oxygen atoms in total. The quantitative estimate of drug-likeness (QED) is 0.328. The number of thiazole rings is 1. The van der Waals surface area contributed by atoms with Gasteiger partial charge in [-0.1, -0.05) is 47.7 Å². The lowest BCUT2D eigenvalue weighted by atomic mass is 10.1. The summed E-state index contributed by atoms with van der Waals surface area (Å²) >= 11 is 2.47. The number of halogens is 3. The van der Waals surface area contributed by atoms with E-state index in [1.807, 2.05) is 30.3 Å². The van der Waals surface area contributed by atoms with Gasteiger partial charge >= 0.3 is 6.18 Å². The van der Waals surface area contributed by atoms with Gasteiger partial charge in [-0.05, 0) is 18.2 Å². The molecule has 3 N–H and O–H groups in total. The van der Waals surface area contributed by atoms with Gasteiger partial charge in [-0.25, -0.2) is 4.98 Å². The van der Waals surface area contributed by atoms with Crippen molar-refractivity contribution in [3.05, 3.63) is 82.9 Å². The molecular formula is C22H16F3N3O2S2. The standard InChI is InChI=1S/C22H16F3N3O2S2/c23-22(24,25)15-9-5-4-6-13(15)12-30-16-10-17(31-19(16)20(26)29)18-11-27-21(32-18)28-14-7-2-1-3-8-14/h1-11H,12H2,(H2,26,29)(H,27,28). The molecule has 0 fully saturated rings. The van der Waals surface area contributed by atoms with Gasteiger partial charge in [0.15, 0.2) is 5.13 Å². The second kappa shape index (κ2) is 9.01. The van der Waals surface area contributed by atoms with E-state index in [2.05, 4.69) is 10.3 Å². The van der Waals surface area contributed by atoms with Crippen LogP contribution in [0.15, 0.2) is 66.9 Å². The monoisotopic (exact) mass is 475 g/mol. The third-order valence-electron chi connectivity index (χ3n) is 4.40. The summed E-state index contributed by atoms with van der Waals surface area (Å²) in [4.78, 5) is 17.8. The maximum atomic E-state index is 13.2. The first-order chi connectivity index (χ1) is 15.3. The van der Waals surface area contributed by atoms with E-state index >= 15 is 0 Å². The van der Waals surface area contributed by atoms with Crippen molar-refractivity contribution in [1.29, 1.82) is 0 Å². The Labute approximate surface area is 189 Å². The van der Waals surface area contributed by atoms with Gasteiger partial charge in [0.1, 0.15) is 17.2 Å². The molecular weight excluding hydrogens is 459 g/mol. The Balaban J connectivity index is 1.56. The first-order valence-electron chi connectivity index (χ1n) is 9.31. The number of aromatic nitrogens is 1. The third kappa shape index (κ3) is 4.92. The van der Waals surface area contributed by atoms with Crippen molar-refractivity contribution in [2.75, 3.05) is 5.32 Å². The van der Waals surface area contributed by atoms with Crippen molar-refractivity contribution in [3.63, 3.8) is 0 Å². The summed E-state index contributed by atoms with van der Waals surface area (Å²) in [7, 11) is 0. The van der Waals surface area contributed by atoms with Crippen molar-refractivity contribution in [1.82, 2.24) is 4.98 Å². The molecule has 0 saturated heterocycles. The Bertz CT molecular complexity index is 1240. The Morgan fingerprint density at radius 1 is 1.03 bits per heavy atom. The first kappa shape index (κ1) is 21.8. The highest BCUT2D eigenvalue weighted by atomic mass is 32.1. The topological polar surface area (TPSA) is 77.2 Å². The van der Waals surface area contributed by atoms with Crippen LogP contribution in [0.5, 0.6) is 5.75 Å². The number of nitrogens with zero attached hydrogens (tertiary/aromatic N) is 1. The van der Waals surface area contributed by atoms with E-state index in [-0.39, 0.29) is 22.8 Å². The lowest BCUT2D eigenvalue weighted by molar-refractivity contribution is -0.138. The molecule has 164 valence electrons. The van der Waals surface area contributed by atoms with Crippen LogP contribution in [0.25, 0.3) is 9.75 Å². The van der Waals surface area contributed by atoms with E-state index in [9.17, 15) is 18.0 Å². The van der Waals surface area contributed by atoms with E-state index in [1.165, 1.54) is 29.5 Å². The Kier molecular flexibility index (Phi) is 6.15. The molecule has 1 amide bonds. The molecule has 2 aromatic carbocycles. The Morgan fingerprint density at radius 2 is 1.75 bits per heavy atom. The van der Waals surface area contributed by atoms with Gasteiger partial charge < -0.3 is 15.8 Å². The smallest absolute Gasteiger partial charge is 0.416 e. The SMILES string of the molecule is NC(=O)c1sc(-c2cnc(Nc3ccccc3)s2)cc1OCc1ccccc1C(F)(F)F. The number of benzene rings is 2. The number of hydrogen-bond donors (Lipinski definition) is 2. The van der Waals surface area contributed by atoms with Gasteiger partial charge in [0.05, 0.1) is 15.3 Å². The molecule has 0 unspecified atom stereocenters. The largest absolute Gasteiger partial charge is 0.487 e. The average Bonchev–Trinajstić information content (AvgIpc) is 3.39. The third-order valence-corrected chi connectivity index (χ3v) is 6.64. The van der Waals surface area contributed by atoms with Crippen molar-refractivity contribution in [2.45, 2.75) is 12.8 Å². The number of rotatable bonds is 7. The number of hydrogen-bond acceptors (Lipinski definition) is 6. The van der Waals surface area contributed by atoms with Crippen molar-refractivity contribution >= 4 is 39.4 Å². The number of alkyl halides is 3. The van der Waals surface area contributed by atoms with E-state index in [4.69, 9.17) is 10.5 Å². The van der Waals surface area contributed by atoms with Crippen LogP contribution in [0, 0.1) is 0 Å². The van der Waals surface area contributed by atoms with Crippen molar-refractivity contribution in [3.8, 4) is 15.5 Å². The van der Waals surface area contributed by atoms with Crippen LogP contribution in [0.1, 0.15) is 20.8 Å². The maximum Gasteiger partial charge on any atom is 0.416 e. The number of nitrogens with one attached hydrogen (secondary N) is 1. The molecule has 2 heterocycles. The highest BCUT2D eigenvalue weighted by Crippen LogP contribution is 2.40. The maximum absolute atomic E-state index is 13.2. The van der Waals surface area contributed by atoms with E-state index < -0.39 is 17.6 Å². The summed E-state index contributed by atoms with van der Waals surface area (Å²) in [6, 6.07) is 16.3. The number of thiophene rings is 1. The van der Waals surface area contributed by atoms with Gasteiger partial charge in [-0.15, -0.1) is 11.3 Å². The van der Waals surface area contributed by atoms with Crippen molar-refractivity contribution in [2.24, 2.45) is 5.73 Å². The minimum Gasteiger partial charge on any atom is -0.487 e. The highest BCUT2D eigenvalue weighted by molar-refractivity contribution is 7.24. The number of nitrogens with two attached hydrogens (primary N) is 1.